The molecule has 5 atom stereocenters. The van der Waals surface area contributed by atoms with Gasteiger partial charge in [-0.25, -0.2) is 4.39 Å². The second kappa shape index (κ2) is 6.82. The smallest absolute Gasteiger partial charge is 0.308 e. The number of hydrogen-bond acceptors (Lipinski definition) is 3. The summed E-state index contributed by atoms with van der Waals surface area (Å²) in [5.41, 5.74) is 2.45. The number of rotatable bonds is 4. The highest BCUT2D eigenvalue weighted by Gasteiger charge is 2.59. The second-order valence-electron chi connectivity index (χ2n) is 9.50. The van der Waals surface area contributed by atoms with Crippen molar-refractivity contribution in [1.29, 1.82) is 0 Å². The van der Waals surface area contributed by atoms with Crippen molar-refractivity contribution in [2.24, 2.45) is 22.7 Å². The minimum atomic E-state index is -0.208. The number of carbonyl (C=O) groups excluding carboxylic acids is 1. The van der Waals surface area contributed by atoms with Gasteiger partial charge in [-0.2, -0.15) is 0 Å². The Hall–Kier alpha value is -1.97. The molecule has 0 spiro atoms. The van der Waals surface area contributed by atoms with Crippen LogP contribution in [0.4, 0.5) is 4.39 Å². The first kappa shape index (κ1) is 19.4. The van der Waals surface area contributed by atoms with Crippen LogP contribution in [0, 0.1) is 28.5 Å². The Kier molecular flexibility index (Phi) is 4.71. The maximum atomic E-state index is 13.9. The maximum Gasteiger partial charge on any atom is 0.308 e. The summed E-state index contributed by atoms with van der Waals surface area (Å²) in [6.07, 6.45) is 6.10. The SMILES string of the molecule is CCOC(=O)C(C)C1C[C@@]2(C)C[C@@H](c3ccnc4ccc(F)cc34)C[C@@]2(C)C1. The van der Waals surface area contributed by atoms with Gasteiger partial charge >= 0.3 is 5.97 Å². The molecule has 0 bridgehead atoms. The van der Waals surface area contributed by atoms with Crippen molar-refractivity contribution in [1.82, 2.24) is 4.98 Å². The topological polar surface area (TPSA) is 39.2 Å². The van der Waals surface area contributed by atoms with E-state index in [0.717, 1.165) is 36.6 Å². The van der Waals surface area contributed by atoms with Crippen LogP contribution in [-0.2, 0) is 9.53 Å². The fraction of sp³-hybridized carbons (Fsp3) is 0.583. The van der Waals surface area contributed by atoms with E-state index in [1.807, 2.05) is 20.0 Å². The number of nitrogens with zero attached hydrogens (tertiary/aromatic N) is 1. The van der Waals surface area contributed by atoms with Gasteiger partial charge in [-0.1, -0.05) is 20.8 Å². The van der Waals surface area contributed by atoms with E-state index in [1.165, 1.54) is 11.6 Å². The highest BCUT2D eigenvalue weighted by Crippen LogP contribution is 2.68. The van der Waals surface area contributed by atoms with E-state index >= 15 is 0 Å². The summed E-state index contributed by atoms with van der Waals surface area (Å²) in [6, 6.07) is 6.94. The van der Waals surface area contributed by atoms with Crippen LogP contribution in [-0.4, -0.2) is 17.6 Å². The van der Waals surface area contributed by atoms with Crippen molar-refractivity contribution < 1.29 is 13.9 Å². The molecule has 1 aromatic carbocycles. The molecule has 0 saturated heterocycles. The third-order valence-corrected chi connectivity index (χ3v) is 7.82. The number of carbonyl (C=O) groups is 1. The molecule has 0 radical (unpaired) electrons. The maximum absolute atomic E-state index is 13.9. The van der Waals surface area contributed by atoms with Crippen molar-refractivity contribution >= 4 is 16.9 Å². The molecule has 28 heavy (non-hydrogen) atoms. The summed E-state index contributed by atoms with van der Waals surface area (Å²) < 4.78 is 19.2. The summed E-state index contributed by atoms with van der Waals surface area (Å²) in [5.74, 6) is 0.462. The minimum Gasteiger partial charge on any atom is -0.466 e. The van der Waals surface area contributed by atoms with Crippen LogP contribution in [0.2, 0.25) is 0 Å². The zero-order valence-corrected chi connectivity index (χ0v) is 17.3. The van der Waals surface area contributed by atoms with E-state index in [0.29, 0.717) is 18.4 Å². The Morgan fingerprint density at radius 3 is 2.54 bits per heavy atom. The van der Waals surface area contributed by atoms with Crippen molar-refractivity contribution in [3.8, 4) is 0 Å². The van der Waals surface area contributed by atoms with E-state index in [-0.39, 0.29) is 28.5 Å². The molecule has 1 heterocycles. The van der Waals surface area contributed by atoms with Gasteiger partial charge in [0.05, 0.1) is 18.0 Å². The molecule has 2 aliphatic carbocycles. The van der Waals surface area contributed by atoms with E-state index in [9.17, 15) is 9.18 Å². The molecule has 150 valence electrons. The van der Waals surface area contributed by atoms with Gasteiger partial charge in [-0.3, -0.25) is 9.78 Å². The molecule has 2 saturated carbocycles. The zero-order chi connectivity index (χ0) is 20.1. The minimum absolute atomic E-state index is 0.0477. The van der Waals surface area contributed by atoms with Gasteiger partial charge in [0.2, 0.25) is 0 Å². The number of halogens is 1. The van der Waals surface area contributed by atoms with Crippen LogP contribution in [0.15, 0.2) is 30.5 Å². The molecular weight excluding hydrogens is 353 g/mol. The van der Waals surface area contributed by atoms with Gasteiger partial charge in [0.1, 0.15) is 5.82 Å². The van der Waals surface area contributed by atoms with Crippen molar-refractivity contribution in [3.05, 3.63) is 41.8 Å². The summed E-state index contributed by atoms with van der Waals surface area (Å²) in [6.45, 7) is 9.10. The van der Waals surface area contributed by atoms with Gasteiger partial charge in [-0.15, -0.1) is 0 Å². The molecule has 2 aromatic rings. The molecule has 0 aliphatic heterocycles. The monoisotopic (exact) mass is 383 g/mol. The van der Waals surface area contributed by atoms with E-state index < -0.39 is 0 Å². The van der Waals surface area contributed by atoms with E-state index in [4.69, 9.17) is 4.74 Å². The highest BCUT2D eigenvalue weighted by molar-refractivity contribution is 5.82. The second-order valence-corrected chi connectivity index (χ2v) is 9.50. The number of aromatic nitrogens is 1. The average molecular weight is 384 g/mol. The quantitative estimate of drug-likeness (QED) is 0.620. The lowest BCUT2D eigenvalue weighted by Gasteiger charge is -2.34. The first-order valence-corrected chi connectivity index (χ1v) is 10.5. The lowest BCUT2D eigenvalue weighted by atomic mass is 9.71. The Morgan fingerprint density at radius 1 is 1.21 bits per heavy atom. The lowest BCUT2D eigenvalue weighted by Crippen LogP contribution is -2.25. The van der Waals surface area contributed by atoms with Crippen LogP contribution in [0.1, 0.15) is 64.9 Å². The van der Waals surface area contributed by atoms with Crippen molar-refractivity contribution in [2.75, 3.05) is 6.61 Å². The molecule has 2 unspecified atom stereocenters. The zero-order valence-electron chi connectivity index (χ0n) is 17.3. The van der Waals surface area contributed by atoms with Gasteiger partial charge in [-0.05, 0) is 85.1 Å². The van der Waals surface area contributed by atoms with Gasteiger partial charge in [0, 0.05) is 11.6 Å². The van der Waals surface area contributed by atoms with Crippen LogP contribution in [0.25, 0.3) is 10.9 Å². The molecule has 0 N–H and O–H groups in total. The Bertz CT molecular complexity index is 893. The first-order valence-electron chi connectivity index (χ1n) is 10.5. The first-order chi connectivity index (χ1) is 13.3. The molecule has 0 amide bonds. The van der Waals surface area contributed by atoms with E-state index in [1.54, 1.807) is 12.1 Å². The van der Waals surface area contributed by atoms with Crippen molar-refractivity contribution in [2.45, 2.75) is 59.3 Å². The number of pyridine rings is 1. The molecular formula is C24H30FNO2. The number of hydrogen-bond donors (Lipinski definition) is 0. The predicted octanol–water partition coefficient (Wildman–Crippen LogP) is 5.87. The number of ether oxygens (including phenoxy) is 1. The largest absolute Gasteiger partial charge is 0.466 e. The normalized spacial score (nSPS) is 33.0. The number of esters is 1. The van der Waals surface area contributed by atoms with Crippen LogP contribution in [0.3, 0.4) is 0 Å². The average Bonchev–Trinajstić information content (AvgIpc) is 3.05. The Morgan fingerprint density at radius 2 is 1.89 bits per heavy atom. The standard InChI is InChI=1S/C24H30FNO2/c1-5-28-22(27)15(2)16-11-23(3)13-17(14-24(23,4)12-16)19-8-9-26-21-7-6-18(25)10-20(19)21/h6-10,15-17H,5,11-14H2,1-4H3/t15?,16?,17-,23+,24-. The van der Waals surface area contributed by atoms with E-state index in [2.05, 4.69) is 24.9 Å². The third-order valence-electron chi connectivity index (χ3n) is 7.82. The van der Waals surface area contributed by atoms with Gasteiger partial charge in [0.25, 0.3) is 0 Å². The summed E-state index contributed by atoms with van der Waals surface area (Å²) in [7, 11) is 0. The molecule has 4 heteroatoms. The molecule has 4 rings (SSSR count). The fourth-order valence-electron chi connectivity index (χ4n) is 6.08. The Balaban J connectivity index is 1.60. The summed E-state index contributed by atoms with van der Waals surface area (Å²) in [4.78, 5) is 16.7. The lowest BCUT2D eigenvalue weighted by molar-refractivity contribution is -0.149. The number of fused-ring (bicyclic) bond motifs is 2. The third kappa shape index (κ3) is 3.01. The van der Waals surface area contributed by atoms with Gasteiger partial charge in [0.15, 0.2) is 0 Å². The summed E-state index contributed by atoms with van der Waals surface area (Å²) in [5, 5.41) is 0.941. The summed E-state index contributed by atoms with van der Waals surface area (Å²) >= 11 is 0. The van der Waals surface area contributed by atoms with Crippen LogP contribution in [0.5, 0.6) is 0 Å². The number of benzene rings is 1. The fourth-order valence-corrected chi connectivity index (χ4v) is 6.08. The molecule has 2 fully saturated rings. The van der Waals surface area contributed by atoms with Crippen molar-refractivity contribution in [3.63, 3.8) is 0 Å². The van der Waals surface area contributed by atoms with Crippen LogP contribution < -0.4 is 0 Å². The Labute approximate surface area is 166 Å². The molecule has 1 aromatic heterocycles. The molecule has 3 nitrogen and oxygen atoms in total. The highest BCUT2D eigenvalue weighted by atomic mass is 19.1. The molecule has 2 aliphatic rings. The predicted molar refractivity (Wildman–Crippen MR) is 108 cm³/mol. The van der Waals surface area contributed by atoms with Crippen LogP contribution >= 0.6 is 0 Å². The van der Waals surface area contributed by atoms with Gasteiger partial charge < -0.3 is 4.74 Å².